The van der Waals surface area contributed by atoms with Gasteiger partial charge in [-0.05, 0) is 30.2 Å². The van der Waals surface area contributed by atoms with Crippen LogP contribution in [0.3, 0.4) is 0 Å². The van der Waals surface area contributed by atoms with Crippen molar-refractivity contribution in [3.8, 4) is 11.5 Å². The van der Waals surface area contributed by atoms with Crippen LogP contribution in [0.1, 0.15) is 22.8 Å². The van der Waals surface area contributed by atoms with Crippen molar-refractivity contribution in [2.75, 3.05) is 25.3 Å². The van der Waals surface area contributed by atoms with E-state index in [1.54, 1.807) is 14.2 Å². The zero-order valence-electron chi connectivity index (χ0n) is 10.2. The topological polar surface area (TPSA) is 18.5 Å². The quantitative estimate of drug-likeness (QED) is 0.790. The molecule has 0 saturated carbocycles. The van der Waals surface area contributed by atoms with Gasteiger partial charge in [0, 0.05) is 16.1 Å². The van der Waals surface area contributed by atoms with Gasteiger partial charge < -0.3 is 9.47 Å². The second kappa shape index (κ2) is 6.01. The Labute approximate surface area is 115 Å². The predicted octanol–water partition coefficient (Wildman–Crippen LogP) is 3.82. The van der Waals surface area contributed by atoms with Crippen LogP contribution in [0.15, 0.2) is 12.1 Å². The first-order valence-corrected chi connectivity index (χ1v) is 7.90. The lowest BCUT2D eigenvalue weighted by Crippen LogP contribution is -2.02. The second-order valence-electron chi connectivity index (χ2n) is 3.99. The third-order valence-electron chi connectivity index (χ3n) is 3.06. The third-order valence-corrected chi connectivity index (χ3v) is 5.49. The summed E-state index contributed by atoms with van der Waals surface area (Å²) in [6, 6.07) is 4.19. The summed E-state index contributed by atoms with van der Waals surface area (Å²) in [5.41, 5.74) is 2.71. The van der Waals surface area contributed by atoms with Crippen molar-refractivity contribution in [2.45, 2.75) is 18.1 Å². The fourth-order valence-corrected chi connectivity index (χ4v) is 4.25. The van der Waals surface area contributed by atoms with Gasteiger partial charge in [0.15, 0.2) is 11.5 Å². The molecule has 0 spiro atoms. The highest BCUT2D eigenvalue weighted by Crippen LogP contribution is 2.43. The lowest BCUT2D eigenvalue weighted by atomic mass is 9.99. The average Bonchev–Trinajstić information content (AvgIpc) is 2.58. The molecule has 0 N–H and O–H groups in total. The van der Waals surface area contributed by atoms with Crippen molar-refractivity contribution >= 4 is 27.7 Å². The molecular formula is C13H17BrO2S. The first-order chi connectivity index (χ1) is 8.31. The summed E-state index contributed by atoms with van der Waals surface area (Å²) >= 11 is 5.62. The van der Waals surface area contributed by atoms with E-state index in [9.17, 15) is 0 Å². The number of alkyl halides is 1. The largest absolute Gasteiger partial charge is 0.493 e. The SMILES string of the molecule is COc1ccc2c(c1OC)CCCSC2CBr. The van der Waals surface area contributed by atoms with Crippen LogP contribution >= 0.6 is 27.7 Å². The number of thioether (sulfide) groups is 1. The van der Waals surface area contributed by atoms with Crippen molar-refractivity contribution in [2.24, 2.45) is 0 Å². The molecule has 1 unspecified atom stereocenters. The van der Waals surface area contributed by atoms with Gasteiger partial charge in [-0.3, -0.25) is 0 Å². The van der Waals surface area contributed by atoms with Crippen LogP contribution in [0.4, 0.5) is 0 Å². The van der Waals surface area contributed by atoms with E-state index in [2.05, 4.69) is 22.0 Å². The minimum absolute atomic E-state index is 0.521. The van der Waals surface area contributed by atoms with Crippen LogP contribution in [0.25, 0.3) is 0 Å². The summed E-state index contributed by atoms with van der Waals surface area (Å²) in [6.45, 7) is 0. The van der Waals surface area contributed by atoms with Crippen molar-refractivity contribution in [1.29, 1.82) is 0 Å². The Bertz CT molecular complexity index is 395. The molecular weight excluding hydrogens is 300 g/mol. The average molecular weight is 317 g/mol. The van der Waals surface area contributed by atoms with Gasteiger partial charge in [-0.2, -0.15) is 11.8 Å². The van der Waals surface area contributed by atoms with Crippen LogP contribution in [-0.4, -0.2) is 25.3 Å². The highest BCUT2D eigenvalue weighted by Gasteiger charge is 2.23. The maximum atomic E-state index is 5.53. The van der Waals surface area contributed by atoms with E-state index in [0.29, 0.717) is 5.25 Å². The lowest BCUT2D eigenvalue weighted by Gasteiger charge is -2.18. The summed E-state index contributed by atoms with van der Waals surface area (Å²) < 4.78 is 10.9. The standard InChI is InChI=1S/C13H17BrO2S/c1-15-11-6-5-9-10(13(11)16-2)4-3-7-17-12(9)8-14/h5-6,12H,3-4,7-8H2,1-2H3. The van der Waals surface area contributed by atoms with Crippen LogP contribution < -0.4 is 9.47 Å². The maximum Gasteiger partial charge on any atom is 0.164 e. The molecule has 0 bridgehead atoms. The highest BCUT2D eigenvalue weighted by molar-refractivity contribution is 9.09. The van der Waals surface area contributed by atoms with Crippen molar-refractivity contribution < 1.29 is 9.47 Å². The van der Waals surface area contributed by atoms with E-state index in [1.165, 1.54) is 23.3 Å². The molecule has 1 aliphatic heterocycles. The van der Waals surface area contributed by atoms with Crippen LogP contribution in [0.5, 0.6) is 11.5 Å². The molecule has 0 aliphatic carbocycles. The lowest BCUT2D eigenvalue weighted by molar-refractivity contribution is 0.351. The van der Waals surface area contributed by atoms with Gasteiger partial charge in [-0.15, -0.1) is 0 Å². The maximum absolute atomic E-state index is 5.53. The van der Waals surface area contributed by atoms with E-state index in [1.807, 2.05) is 17.8 Å². The summed E-state index contributed by atoms with van der Waals surface area (Å²) in [6.07, 6.45) is 2.27. The van der Waals surface area contributed by atoms with Crippen molar-refractivity contribution in [3.63, 3.8) is 0 Å². The molecule has 1 aromatic rings. The number of hydrogen-bond acceptors (Lipinski definition) is 3. The summed E-state index contributed by atoms with van der Waals surface area (Å²) in [5.74, 6) is 2.96. The van der Waals surface area contributed by atoms with Gasteiger partial charge in [-0.25, -0.2) is 0 Å². The van der Waals surface area contributed by atoms with E-state index in [0.717, 1.165) is 23.2 Å². The molecule has 0 radical (unpaired) electrons. The number of hydrogen-bond donors (Lipinski definition) is 0. The Morgan fingerprint density at radius 1 is 1.35 bits per heavy atom. The van der Waals surface area contributed by atoms with Gasteiger partial charge >= 0.3 is 0 Å². The molecule has 4 heteroatoms. The number of halogens is 1. The number of methoxy groups -OCH3 is 2. The van der Waals surface area contributed by atoms with E-state index < -0.39 is 0 Å². The van der Waals surface area contributed by atoms with Crippen LogP contribution in [0, 0.1) is 0 Å². The zero-order chi connectivity index (χ0) is 12.3. The summed E-state index contributed by atoms with van der Waals surface area (Å²) in [7, 11) is 3.41. The zero-order valence-corrected chi connectivity index (χ0v) is 12.6. The fraction of sp³-hybridized carbons (Fsp3) is 0.538. The van der Waals surface area contributed by atoms with Gasteiger partial charge in [0.2, 0.25) is 0 Å². The third kappa shape index (κ3) is 2.58. The molecule has 2 nitrogen and oxygen atoms in total. The molecule has 17 heavy (non-hydrogen) atoms. The van der Waals surface area contributed by atoms with Gasteiger partial charge in [0.1, 0.15) is 0 Å². The molecule has 2 rings (SSSR count). The molecule has 0 fully saturated rings. The number of fused-ring (bicyclic) bond motifs is 1. The Morgan fingerprint density at radius 2 is 2.18 bits per heavy atom. The monoisotopic (exact) mass is 316 g/mol. The Kier molecular flexibility index (Phi) is 4.62. The first kappa shape index (κ1) is 13.1. The summed E-state index contributed by atoms with van der Waals surface area (Å²) in [5, 5.41) is 1.51. The Hall–Kier alpha value is -0.350. The van der Waals surface area contributed by atoms with Crippen molar-refractivity contribution in [1.82, 2.24) is 0 Å². The number of benzene rings is 1. The Balaban J connectivity index is 2.51. The predicted molar refractivity (Wildman–Crippen MR) is 76.9 cm³/mol. The molecule has 0 aromatic heterocycles. The van der Waals surface area contributed by atoms with Crippen molar-refractivity contribution in [3.05, 3.63) is 23.3 Å². The van der Waals surface area contributed by atoms with E-state index >= 15 is 0 Å². The molecule has 0 amide bonds. The molecule has 1 aliphatic rings. The van der Waals surface area contributed by atoms with Crippen LogP contribution in [0.2, 0.25) is 0 Å². The molecule has 1 atom stereocenters. The van der Waals surface area contributed by atoms with Gasteiger partial charge in [0.25, 0.3) is 0 Å². The smallest absolute Gasteiger partial charge is 0.164 e. The fourth-order valence-electron chi connectivity index (χ4n) is 2.26. The van der Waals surface area contributed by atoms with E-state index in [-0.39, 0.29) is 0 Å². The molecule has 0 saturated heterocycles. The van der Waals surface area contributed by atoms with Crippen LogP contribution in [-0.2, 0) is 6.42 Å². The van der Waals surface area contributed by atoms with E-state index in [4.69, 9.17) is 9.47 Å². The minimum atomic E-state index is 0.521. The normalized spacial score (nSPS) is 19.4. The van der Waals surface area contributed by atoms with Gasteiger partial charge in [0.05, 0.1) is 14.2 Å². The summed E-state index contributed by atoms with van der Waals surface area (Å²) in [4.78, 5) is 0. The highest BCUT2D eigenvalue weighted by atomic mass is 79.9. The number of rotatable bonds is 3. The Morgan fingerprint density at radius 3 is 2.82 bits per heavy atom. The minimum Gasteiger partial charge on any atom is -0.493 e. The number of ether oxygens (including phenoxy) is 2. The molecule has 94 valence electrons. The molecule has 1 heterocycles. The first-order valence-electron chi connectivity index (χ1n) is 5.73. The second-order valence-corrected chi connectivity index (χ2v) is 5.94. The molecule has 1 aromatic carbocycles. The van der Waals surface area contributed by atoms with Gasteiger partial charge in [-0.1, -0.05) is 22.0 Å².